The second-order valence-electron chi connectivity index (χ2n) is 16.1. The lowest BCUT2D eigenvalue weighted by molar-refractivity contribution is -0.123. The number of nitrogens with two attached hydrogens (primary N) is 1. The molecule has 66 heavy (non-hydrogen) atoms. The highest BCUT2D eigenvalue weighted by Crippen LogP contribution is 2.52. The molecule has 4 N–H and O–H groups in total. The van der Waals surface area contributed by atoms with E-state index >= 15 is 0 Å². The summed E-state index contributed by atoms with van der Waals surface area (Å²) >= 11 is 0. The van der Waals surface area contributed by atoms with Gasteiger partial charge in [-0.3, -0.25) is 24.1 Å². The van der Waals surface area contributed by atoms with E-state index in [9.17, 15) is 19.2 Å². The number of nitrogens with one attached hydrogen (secondary N) is 2. The largest absolute Gasteiger partial charge is 0.493 e. The number of hydrogen-bond acceptors (Lipinski definition) is 14. The Kier molecular flexibility index (Phi) is 16.7. The molecule has 16 heteroatoms. The van der Waals surface area contributed by atoms with Crippen molar-refractivity contribution in [3.63, 3.8) is 0 Å². The first-order valence-corrected chi connectivity index (χ1v) is 22.2. The molecule has 0 radical (unpaired) electrons. The molecule has 2 aliphatic rings. The maximum atomic E-state index is 13.9. The minimum absolute atomic E-state index is 0.138. The Hall–Kier alpha value is -6.52. The van der Waals surface area contributed by atoms with Crippen molar-refractivity contribution in [1.82, 2.24) is 15.5 Å². The van der Waals surface area contributed by atoms with Gasteiger partial charge in [-0.05, 0) is 128 Å². The molecule has 16 nitrogen and oxygen atoms in total. The van der Waals surface area contributed by atoms with E-state index in [1.165, 1.54) is 26.4 Å². The van der Waals surface area contributed by atoms with Gasteiger partial charge in [0, 0.05) is 11.1 Å². The van der Waals surface area contributed by atoms with Crippen molar-refractivity contribution in [3.05, 3.63) is 91.2 Å². The monoisotopic (exact) mass is 910 g/mol. The molecule has 6 rings (SSSR count). The SMILES string of the molecule is CCCN(CCCCOc1ccc2c(cc1=O)[C@@H](NC(=O)CN)CCc1cc(OC)c(OC)c(OC)c1-2)CC(=O)N[C@H]1CCc2cc(OC)c(OC)c(OC)c2-c2ccc(OC)c(=O)cc21. The molecule has 0 spiro atoms. The van der Waals surface area contributed by atoms with E-state index in [4.69, 9.17) is 43.6 Å². The lowest BCUT2D eigenvalue weighted by Crippen LogP contribution is -2.40. The summed E-state index contributed by atoms with van der Waals surface area (Å²) in [4.78, 5) is 55.8. The minimum atomic E-state index is -0.513. The van der Waals surface area contributed by atoms with Crippen LogP contribution in [0.25, 0.3) is 22.3 Å². The number of rotatable bonds is 20. The lowest BCUT2D eigenvalue weighted by Gasteiger charge is -2.24. The van der Waals surface area contributed by atoms with E-state index in [2.05, 4.69) is 22.5 Å². The predicted molar refractivity (Wildman–Crippen MR) is 251 cm³/mol. The van der Waals surface area contributed by atoms with Crippen molar-refractivity contribution in [2.45, 2.75) is 64.0 Å². The maximum Gasteiger partial charge on any atom is 0.234 e. The number of carbonyl (C=O) groups excluding carboxylic acids is 2. The summed E-state index contributed by atoms with van der Waals surface area (Å²) in [6.45, 7) is 3.54. The average molecular weight is 911 g/mol. The van der Waals surface area contributed by atoms with Crippen molar-refractivity contribution in [1.29, 1.82) is 0 Å². The molecular formula is C50H62N4O12. The number of hydrogen-bond donors (Lipinski definition) is 3. The standard InChI is InChI=1S/C50H62N4O12/c1-9-20-54(28-44(58)53-36-17-13-30-24-42(61-4)47(62-5)49(64-7)45(30)31-14-18-39(59-2)37(55)25-33(31)36)21-10-11-22-66-40-19-15-32-34(26-38(40)56)35(52-43(57)27-51)16-12-29-23-41(60-3)48(63-6)50(65-8)46(29)32/h14-15,18-19,23-26,35-36H,9-13,16-17,20-22,27-28,51H2,1-8H3,(H,52,57)(H,53,58)/t35-,36-/m0/s1. The summed E-state index contributed by atoms with van der Waals surface area (Å²) in [6.07, 6.45) is 4.24. The molecule has 2 atom stereocenters. The first-order chi connectivity index (χ1) is 32.0. The van der Waals surface area contributed by atoms with Crippen LogP contribution in [0.15, 0.2) is 58.1 Å². The fraction of sp³-hybridized carbons (Fsp3) is 0.440. The Bertz CT molecular complexity index is 2530. The molecule has 2 aliphatic carbocycles. The molecule has 0 aromatic heterocycles. The Balaban J connectivity index is 1.17. The van der Waals surface area contributed by atoms with Crippen LogP contribution in [0.3, 0.4) is 0 Å². The van der Waals surface area contributed by atoms with Crippen LogP contribution in [0.1, 0.15) is 73.4 Å². The number of amides is 2. The van der Waals surface area contributed by atoms with Gasteiger partial charge in [0.1, 0.15) is 0 Å². The molecule has 0 saturated carbocycles. The number of carbonyl (C=O) groups is 2. The van der Waals surface area contributed by atoms with Crippen LogP contribution in [0.4, 0.5) is 0 Å². The first kappa shape index (κ1) is 48.9. The number of unbranched alkanes of at least 4 members (excludes halogenated alkanes) is 1. The lowest BCUT2D eigenvalue weighted by atomic mass is 9.95. The van der Waals surface area contributed by atoms with Crippen molar-refractivity contribution < 1.29 is 47.5 Å². The zero-order chi connectivity index (χ0) is 47.5. The fourth-order valence-electron chi connectivity index (χ4n) is 9.09. The molecule has 4 aromatic carbocycles. The number of fused-ring (bicyclic) bond motifs is 6. The number of methoxy groups -OCH3 is 7. The molecular weight excluding hydrogens is 849 g/mol. The highest BCUT2D eigenvalue weighted by molar-refractivity contribution is 5.85. The number of aryl methyl sites for hydroxylation is 2. The van der Waals surface area contributed by atoms with E-state index in [0.717, 1.165) is 28.7 Å². The summed E-state index contributed by atoms with van der Waals surface area (Å²) < 4.78 is 46.1. The molecule has 354 valence electrons. The van der Waals surface area contributed by atoms with Crippen LogP contribution in [0.2, 0.25) is 0 Å². The first-order valence-electron chi connectivity index (χ1n) is 22.2. The summed E-state index contributed by atoms with van der Waals surface area (Å²) in [7, 11) is 10.8. The molecule has 0 saturated heterocycles. The molecule has 0 bridgehead atoms. The van der Waals surface area contributed by atoms with Crippen LogP contribution in [-0.2, 0) is 22.4 Å². The summed E-state index contributed by atoms with van der Waals surface area (Å²) in [5.74, 6) is 2.56. The van der Waals surface area contributed by atoms with Gasteiger partial charge in [0.15, 0.2) is 34.5 Å². The third kappa shape index (κ3) is 10.4. The van der Waals surface area contributed by atoms with Crippen LogP contribution in [-0.4, -0.2) is 99.3 Å². The molecule has 0 unspecified atom stereocenters. The summed E-state index contributed by atoms with van der Waals surface area (Å²) in [5.41, 5.74) is 11.0. The fourth-order valence-corrected chi connectivity index (χ4v) is 9.09. The van der Waals surface area contributed by atoms with E-state index in [1.807, 2.05) is 24.3 Å². The van der Waals surface area contributed by atoms with E-state index in [-0.39, 0.29) is 53.9 Å². The van der Waals surface area contributed by atoms with Crippen molar-refractivity contribution >= 4 is 11.8 Å². The molecule has 0 heterocycles. The van der Waals surface area contributed by atoms with Gasteiger partial charge >= 0.3 is 0 Å². The van der Waals surface area contributed by atoms with Gasteiger partial charge in [0.05, 0.1) is 81.5 Å². The number of nitrogens with zero attached hydrogens (tertiary/aromatic N) is 1. The Labute approximate surface area is 385 Å². The third-order valence-corrected chi connectivity index (χ3v) is 12.1. The maximum absolute atomic E-state index is 13.9. The Morgan fingerprint density at radius 1 is 0.606 bits per heavy atom. The van der Waals surface area contributed by atoms with Gasteiger partial charge in [0.25, 0.3) is 0 Å². The van der Waals surface area contributed by atoms with Crippen LogP contribution in [0.5, 0.6) is 46.0 Å². The summed E-state index contributed by atoms with van der Waals surface area (Å²) in [6, 6.07) is 12.8. The zero-order valence-electron chi connectivity index (χ0n) is 39.2. The normalized spacial score (nSPS) is 14.8. The quantitative estimate of drug-likeness (QED) is 0.0936. The van der Waals surface area contributed by atoms with Crippen LogP contribution >= 0.6 is 0 Å². The van der Waals surface area contributed by atoms with Crippen molar-refractivity contribution in [2.75, 3.05) is 82.6 Å². The van der Waals surface area contributed by atoms with Crippen LogP contribution in [0, 0.1) is 0 Å². The van der Waals surface area contributed by atoms with Gasteiger partial charge < -0.3 is 54.3 Å². The second kappa shape index (κ2) is 22.6. The Morgan fingerprint density at radius 2 is 1.09 bits per heavy atom. The van der Waals surface area contributed by atoms with Crippen molar-refractivity contribution in [3.8, 4) is 68.2 Å². The third-order valence-electron chi connectivity index (χ3n) is 12.1. The second-order valence-corrected chi connectivity index (χ2v) is 16.1. The van der Waals surface area contributed by atoms with E-state index < -0.39 is 12.1 Å². The molecule has 0 fully saturated rings. The topological polar surface area (TPSA) is 195 Å². The van der Waals surface area contributed by atoms with Crippen molar-refractivity contribution in [2.24, 2.45) is 5.73 Å². The van der Waals surface area contributed by atoms with Gasteiger partial charge in [-0.2, -0.15) is 0 Å². The van der Waals surface area contributed by atoms with Crippen LogP contribution < -0.4 is 65.1 Å². The predicted octanol–water partition coefficient (Wildman–Crippen LogP) is 5.54. The number of benzene rings is 2. The minimum Gasteiger partial charge on any atom is -0.493 e. The molecule has 0 aliphatic heterocycles. The molecule has 2 amide bonds. The highest BCUT2D eigenvalue weighted by atomic mass is 16.5. The average Bonchev–Trinajstić information content (AvgIpc) is 3.71. The summed E-state index contributed by atoms with van der Waals surface area (Å²) in [5, 5.41) is 6.23. The number of ether oxygens (including phenoxy) is 8. The van der Waals surface area contributed by atoms with Gasteiger partial charge in [-0.1, -0.05) is 19.1 Å². The van der Waals surface area contributed by atoms with E-state index in [1.54, 1.807) is 47.7 Å². The van der Waals surface area contributed by atoms with Gasteiger partial charge in [0.2, 0.25) is 34.2 Å². The Morgan fingerprint density at radius 3 is 1.56 bits per heavy atom. The smallest absolute Gasteiger partial charge is 0.234 e. The van der Waals surface area contributed by atoms with Gasteiger partial charge in [-0.15, -0.1) is 0 Å². The van der Waals surface area contributed by atoms with Gasteiger partial charge in [-0.25, -0.2) is 0 Å². The highest BCUT2D eigenvalue weighted by Gasteiger charge is 2.32. The van der Waals surface area contributed by atoms with E-state index in [0.29, 0.717) is 108 Å². The zero-order valence-corrected chi connectivity index (χ0v) is 39.2. The molecule has 4 aromatic rings.